The third-order valence-electron chi connectivity index (χ3n) is 3.99. The fraction of sp³-hybridized carbons (Fsp3) is 0.389. The molecule has 0 aliphatic rings. The van der Waals surface area contributed by atoms with E-state index >= 15 is 0 Å². The van der Waals surface area contributed by atoms with Crippen molar-refractivity contribution >= 4 is 11.3 Å². The van der Waals surface area contributed by atoms with E-state index in [9.17, 15) is 0 Å². The molecule has 0 fully saturated rings. The molecule has 0 saturated heterocycles. The van der Waals surface area contributed by atoms with Crippen LogP contribution in [0.2, 0.25) is 0 Å². The van der Waals surface area contributed by atoms with Gasteiger partial charge in [0.05, 0.1) is 24.6 Å². The van der Waals surface area contributed by atoms with Gasteiger partial charge < -0.3 is 14.8 Å². The smallest absolute Gasteiger partial charge is 0.200 e. The van der Waals surface area contributed by atoms with Crippen LogP contribution in [-0.2, 0) is 6.54 Å². The molecule has 0 atom stereocenters. The highest BCUT2D eigenvalue weighted by Crippen LogP contribution is 2.30. The number of aryl methyl sites for hydroxylation is 1. The molecule has 0 bridgehead atoms. The molecule has 0 radical (unpaired) electrons. The van der Waals surface area contributed by atoms with Gasteiger partial charge in [-0.05, 0) is 51.0 Å². The molecule has 0 amide bonds. The Morgan fingerprint density at radius 3 is 2.72 bits per heavy atom. The van der Waals surface area contributed by atoms with Crippen molar-refractivity contribution in [3.05, 3.63) is 41.3 Å². The Balaban J connectivity index is 1.85. The van der Waals surface area contributed by atoms with Crippen LogP contribution < -0.4 is 14.8 Å². The number of benzene rings is 1. The Morgan fingerprint density at radius 1 is 1.20 bits per heavy atom. The second-order valence-corrected chi connectivity index (χ2v) is 6.19. The molecule has 7 nitrogen and oxygen atoms in total. The quantitative estimate of drug-likeness (QED) is 0.742. The third-order valence-corrected chi connectivity index (χ3v) is 3.99. The summed E-state index contributed by atoms with van der Waals surface area (Å²) in [6.45, 7) is 8.62. The summed E-state index contributed by atoms with van der Waals surface area (Å²) in [4.78, 5) is 0. The average molecular weight is 341 g/mol. The summed E-state index contributed by atoms with van der Waals surface area (Å²) in [7, 11) is 1.65. The molecule has 2 aromatic heterocycles. The molecule has 1 N–H and O–H groups in total. The standard InChI is InChI=1S/C18H23N5O2/c1-11(2)25-15-7-6-14(8-16(15)24-5)9-19-17-12(3)13(4)22-23-10-20-21-18(17)23/h6-8,10-11,19H,9H2,1-5H3. The van der Waals surface area contributed by atoms with Gasteiger partial charge in [0.2, 0.25) is 5.65 Å². The van der Waals surface area contributed by atoms with E-state index < -0.39 is 0 Å². The SMILES string of the molecule is COc1cc(CNc2c(C)c(C)nn3cnnc23)ccc1OC(C)C. The number of nitrogens with one attached hydrogen (secondary N) is 1. The Labute approximate surface area is 147 Å². The maximum Gasteiger partial charge on any atom is 0.200 e. The molecule has 2 heterocycles. The van der Waals surface area contributed by atoms with Crippen molar-refractivity contribution in [2.75, 3.05) is 12.4 Å². The minimum absolute atomic E-state index is 0.0987. The lowest BCUT2D eigenvalue weighted by Gasteiger charge is -2.16. The topological polar surface area (TPSA) is 73.6 Å². The largest absolute Gasteiger partial charge is 0.493 e. The van der Waals surface area contributed by atoms with E-state index in [4.69, 9.17) is 9.47 Å². The number of hydrogen-bond donors (Lipinski definition) is 1. The molecule has 1 aromatic carbocycles. The van der Waals surface area contributed by atoms with Gasteiger partial charge in [0.25, 0.3) is 0 Å². The molecule has 3 rings (SSSR count). The van der Waals surface area contributed by atoms with Crippen molar-refractivity contribution in [2.45, 2.75) is 40.3 Å². The van der Waals surface area contributed by atoms with Crippen molar-refractivity contribution in [1.29, 1.82) is 0 Å². The molecular weight excluding hydrogens is 318 g/mol. The molecule has 25 heavy (non-hydrogen) atoms. The molecule has 132 valence electrons. The zero-order chi connectivity index (χ0) is 18.0. The van der Waals surface area contributed by atoms with Gasteiger partial charge in [0, 0.05) is 6.54 Å². The minimum atomic E-state index is 0.0987. The first kappa shape index (κ1) is 17.0. The van der Waals surface area contributed by atoms with Gasteiger partial charge in [-0.2, -0.15) is 9.61 Å². The van der Waals surface area contributed by atoms with Gasteiger partial charge in [-0.3, -0.25) is 0 Å². The van der Waals surface area contributed by atoms with E-state index in [1.54, 1.807) is 18.0 Å². The van der Waals surface area contributed by atoms with Gasteiger partial charge in [0.15, 0.2) is 11.5 Å². The van der Waals surface area contributed by atoms with Crippen LogP contribution in [-0.4, -0.2) is 33.0 Å². The zero-order valence-corrected chi connectivity index (χ0v) is 15.2. The van der Waals surface area contributed by atoms with Crippen molar-refractivity contribution < 1.29 is 9.47 Å². The lowest BCUT2D eigenvalue weighted by Crippen LogP contribution is -2.09. The highest BCUT2D eigenvalue weighted by atomic mass is 16.5. The molecule has 0 aliphatic heterocycles. The number of rotatable bonds is 6. The molecule has 0 aliphatic carbocycles. The Hall–Kier alpha value is -2.83. The zero-order valence-electron chi connectivity index (χ0n) is 15.2. The van der Waals surface area contributed by atoms with Crippen molar-refractivity contribution in [3.8, 4) is 11.5 Å². The van der Waals surface area contributed by atoms with Gasteiger partial charge >= 0.3 is 0 Å². The normalized spacial score (nSPS) is 11.1. The van der Waals surface area contributed by atoms with Crippen LogP contribution in [0.1, 0.15) is 30.7 Å². The molecule has 3 aromatic rings. The van der Waals surface area contributed by atoms with Crippen LogP contribution in [0.3, 0.4) is 0 Å². The second kappa shape index (κ2) is 6.96. The summed E-state index contributed by atoms with van der Waals surface area (Å²) in [6, 6.07) is 5.94. The number of nitrogens with zero attached hydrogens (tertiary/aromatic N) is 4. The predicted molar refractivity (Wildman–Crippen MR) is 96.3 cm³/mol. The summed E-state index contributed by atoms with van der Waals surface area (Å²) in [5, 5.41) is 16.0. The first-order valence-corrected chi connectivity index (χ1v) is 8.24. The van der Waals surface area contributed by atoms with Gasteiger partial charge in [-0.25, -0.2) is 0 Å². The summed E-state index contributed by atoms with van der Waals surface area (Å²) >= 11 is 0. The molecule has 0 spiro atoms. The van der Waals surface area contributed by atoms with Crippen LogP contribution in [0.25, 0.3) is 5.65 Å². The second-order valence-electron chi connectivity index (χ2n) is 6.19. The molecule has 7 heteroatoms. The van der Waals surface area contributed by atoms with Crippen molar-refractivity contribution in [3.63, 3.8) is 0 Å². The molecule has 0 saturated carbocycles. The summed E-state index contributed by atoms with van der Waals surface area (Å²) in [6.07, 6.45) is 1.70. The minimum Gasteiger partial charge on any atom is -0.493 e. The van der Waals surface area contributed by atoms with Crippen molar-refractivity contribution in [1.82, 2.24) is 19.8 Å². The van der Waals surface area contributed by atoms with Crippen LogP contribution in [0.15, 0.2) is 24.5 Å². The Morgan fingerprint density at radius 2 is 2.00 bits per heavy atom. The van der Waals surface area contributed by atoms with E-state index in [0.29, 0.717) is 6.54 Å². The summed E-state index contributed by atoms with van der Waals surface area (Å²) < 4.78 is 12.9. The lowest BCUT2D eigenvalue weighted by atomic mass is 10.1. The van der Waals surface area contributed by atoms with Gasteiger partial charge in [-0.15, -0.1) is 10.2 Å². The number of ether oxygens (including phenoxy) is 2. The number of aromatic nitrogens is 4. The predicted octanol–water partition coefficient (Wildman–Crippen LogP) is 3.15. The van der Waals surface area contributed by atoms with Crippen LogP contribution >= 0.6 is 0 Å². The first-order valence-electron chi connectivity index (χ1n) is 8.24. The van der Waals surface area contributed by atoms with Crippen LogP contribution in [0.4, 0.5) is 5.69 Å². The average Bonchev–Trinajstić information content (AvgIpc) is 3.03. The number of hydrogen-bond acceptors (Lipinski definition) is 6. The monoisotopic (exact) mass is 341 g/mol. The van der Waals surface area contributed by atoms with E-state index in [2.05, 4.69) is 20.6 Å². The maximum atomic E-state index is 5.76. The summed E-state index contributed by atoms with van der Waals surface area (Å²) in [5.74, 6) is 1.47. The molecular formula is C18H23N5O2. The van der Waals surface area contributed by atoms with Crippen LogP contribution in [0, 0.1) is 13.8 Å². The van der Waals surface area contributed by atoms with Gasteiger partial charge in [0.1, 0.15) is 6.33 Å². The maximum absolute atomic E-state index is 5.76. The number of anilines is 1. The molecule has 0 unspecified atom stereocenters. The first-order chi connectivity index (χ1) is 12.0. The summed E-state index contributed by atoms with van der Waals surface area (Å²) in [5.41, 5.74) is 4.74. The third kappa shape index (κ3) is 3.50. The van der Waals surface area contributed by atoms with E-state index in [0.717, 1.165) is 39.7 Å². The van der Waals surface area contributed by atoms with E-state index in [1.807, 2.05) is 45.9 Å². The van der Waals surface area contributed by atoms with Crippen LogP contribution in [0.5, 0.6) is 11.5 Å². The fourth-order valence-corrected chi connectivity index (χ4v) is 2.63. The number of fused-ring (bicyclic) bond motifs is 1. The highest BCUT2D eigenvalue weighted by Gasteiger charge is 2.12. The fourth-order valence-electron chi connectivity index (χ4n) is 2.63. The lowest BCUT2D eigenvalue weighted by molar-refractivity contribution is 0.230. The van der Waals surface area contributed by atoms with E-state index in [1.165, 1.54) is 0 Å². The highest BCUT2D eigenvalue weighted by molar-refractivity contribution is 5.71. The Bertz CT molecular complexity index is 889. The van der Waals surface area contributed by atoms with Crippen molar-refractivity contribution in [2.24, 2.45) is 0 Å². The number of methoxy groups -OCH3 is 1. The van der Waals surface area contributed by atoms with E-state index in [-0.39, 0.29) is 6.10 Å². The van der Waals surface area contributed by atoms with Gasteiger partial charge in [-0.1, -0.05) is 6.07 Å². The Kier molecular flexibility index (Phi) is 4.74.